The van der Waals surface area contributed by atoms with Crippen molar-refractivity contribution in [1.82, 2.24) is 15.5 Å². The van der Waals surface area contributed by atoms with Gasteiger partial charge in [-0.05, 0) is 53.9 Å². The fourth-order valence-corrected chi connectivity index (χ4v) is 2.65. The topological polar surface area (TPSA) is 66.0 Å². The van der Waals surface area contributed by atoms with Gasteiger partial charge in [0.2, 0.25) is 0 Å². The van der Waals surface area contributed by atoms with Gasteiger partial charge in [0, 0.05) is 32.2 Å². The molecule has 6 heteroatoms. The predicted octanol–water partition coefficient (Wildman–Crippen LogP) is 3.13. The van der Waals surface area contributed by atoms with Gasteiger partial charge in [-0.3, -0.25) is 4.99 Å². The Morgan fingerprint density at radius 3 is 2.50 bits per heavy atom. The highest BCUT2D eigenvalue weighted by Gasteiger charge is 2.22. The minimum atomic E-state index is -0.466. The van der Waals surface area contributed by atoms with Gasteiger partial charge >= 0.3 is 6.09 Å². The molecular formula is C18H36N4O2. The zero-order chi connectivity index (χ0) is 18.2. The Morgan fingerprint density at radius 2 is 1.96 bits per heavy atom. The van der Waals surface area contributed by atoms with E-state index in [2.05, 4.69) is 22.5 Å². The predicted molar refractivity (Wildman–Crippen MR) is 99.4 cm³/mol. The molecule has 0 saturated heterocycles. The Hall–Kier alpha value is -1.46. The van der Waals surface area contributed by atoms with Crippen LogP contribution >= 0.6 is 0 Å². The highest BCUT2D eigenvalue weighted by atomic mass is 16.6. The van der Waals surface area contributed by atoms with Crippen molar-refractivity contribution in [2.75, 3.05) is 20.1 Å². The van der Waals surface area contributed by atoms with Crippen molar-refractivity contribution in [3.8, 4) is 0 Å². The lowest BCUT2D eigenvalue weighted by atomic mass is 10.2. The Bertz CT molecular complexity index is 412. The van der Waals surface area contributed by atoms with Gasteiger partial charge in [-0.15, -0.1) is 0 Å². The molecule has 0 aliphatic heterocycles. The number of hydrogen-bond donors (Lipinski definition) is 2. The van der Waals surface area contributed by atoms with Crippen LogP contribution in [0.3, 0.4) is 0 Å². The molecule has 0 aromatic carbocycles. The van der Waals surface area contributed by atoms with E-state index in [1.165, 1.54) is 25.7 Å². The van der Waals surface area contributed by atoms with Crippen LogP contribution in [0.2, 0.25) is 0 Å². The van der Waals surface area contributed by atoms with Gasteiger partial charge in [0.25, 0.3) is 0 Å². The van der Waals surface area contributed by atoms with Crippen LogP contribution in [0.1, 0.15) is 66.7 Å². The molecule has 1 fully saturated rings. The minimum Gasteiger partial charge on any atom is -0.444 e. The van der Waals surface area contributed by atoms with Crippen LogP contribution in [0.25, 0.3) is 0 Å². The number of guanidine groups is 1. The summed E-state index contributed by atoms with van der Waals surface area (Å²) in [5.74, 6) is 0.886. The molecule has 1 amide bonds. The number of rotatable bonds is 6. The normalized spacial score (nSPS) is 17.5. The SMILES string of the molecule is CCNC(=NCCC(C)N(C)C(=O)OC(C)(C)C)NC1CCCC1. The summed E-state index contributed by atoms with van der Waals surface area (Å²) in [5, 5.41) is 6.81. The molecule has 0 aromatic rings. The van der Waals surface area contributed by atoms with E-state index in [9.17, 15) is 4.79 Å². The lowest BCUT2D eigenvalue weighted by molar-refractivity contribution is 0.0231. The maximum Gasteiger partial charge on any atom is 0.410 e. The van der Waals surface area contributed by atoms with E-state index in [-0.39, 0.29) is 12.1 Å². The molecule has 140 valence electrons. The summed E-state index contributed by atoms with van der Waals surface area (Å²) in [4.78, 5) is 18.4. The van der Waals surface area contributed by atoms with Crippen LogP contribution < -0.4 is 10.6 Å². The molecule has 6 nitrogen and oxygen atoms in total. The van der Waals surface area contributed by atoms with E-state index in [1.54, 1.807) is 11.9 Å². The summed E-state index contributed by atoms with van der Waals surface area (Å²) in [7, 11) is 1.78. The molecule has 1 rings (SSSR count). The van der Waals surface area contributed by atoms with Gasteiger partial charge < -0.3 is 20.3 Å². The number of amides is 1. The highest BCUT2D eigenvalue weighted by Crippen LogP contribution is 2.17. The molecule has 0 heterocycles. The first-order valence-corrected chi connectivity index (χ1v) is 9.23. The molecule has 0 spiro atoms. The monoisotopic (exact) mass is 340 g/mol. The van der Waals surface area contributed by atoms with E-state index in [1.807, 2.05) is 27.7 Å². The number of carbonyl (C=O) groups is 1. The maximum atomic E-state index is 12.1. The molecule has 2 N–H and O–H groups in total. The first-order valence-electron chi connectivity index (χ1n) is 9.23. The van der Waals surface area contributed by atoms with Gasteiger partial charge in [-0.25, -0.2) is 4.79 Å². The summed E-state index contributed by atoms with van der Waals surface area (Å²) < 4.78 is 5.40. The Kier molecular flexibility index (Phi) is 8.36. The van der Waals surface area contributed by atoms with Crippen LogP contribution in [0.4, 0.5) is 4.79 Å². The second kappa shape index (κ2) is 9.74. The molecule has 1 saturated carbocycles. The molecular weight excluding hydrogens is 304 g/mol. The second-order valence-corrected chi connectivity index (χ2v) is 7.62. The van der Waals surface area contributed by atoms with E-state index in [0.717, 1.165) is 18.9 Å². The Balaban J connectivity index is 2.44. The van der Waals surface area contributed by atoms with Crippen molar-refractivity contribution in [1.29, 1.82) is 0 Å². The van der Waals surface area contributed by atoms with E-state index in [4.69, 9.17) is 4.74 Å². The van der Waals surface area contributed by atoms with Gasteiger partial charge in [0.1, 0.15) is 5.60 Å². The Morgan fingerprint density at radius 1 is 1.33 bits per heavy atom. The third kappa shape index (κ3) is 7.88. The molecule has 1 aliphatic rings. The summed E-state index contributed by atoms with van der Waals surface area (Å²) >= 11 is 0. The molecule has 1 unspecified atom stereocenters. The number of hydrogen-bond acceptors (Lipinski definition) is 3. The second-order valence-electron chi connectivity index (χ2n) is 7.62. The lowest BCUT2D eigenvalue weighted by Crippen LogP contribution is -2.43. The fourth-order valence-electron chi connectivity index (χ4n) is 2.65. The number of aliphatic imine (C=N–C) groups is 1. The van der Waals surface area contributed by atoms with Gasteiger partial charge in [0.15, 0.2) is 5.96 Å². The molecule has 0 aromatic heterocycles. The van der Waals surface area contributed by atoms with Gasteiger partial charge in [-0.2, -0.15) is 0 Å². The smallest absolute Gasteiger partial charge is 0.410 e. The van der Waals surface area contributed by atoms with Crippen molar-refractivity contribution in [3.05, 3.63) is 0 Å². The van der Waals surface area contributed by atoms with Crippen molar-refractivity contribution < 1.29 is 9.53 Å². The molecule has 1 atom stereocenters. The molecule has 0 bridgehead atoms. The van der Waals surface area contributed by atoms with Crippen LogP contribution in [0.5, 0.6) is 0 Å². The van der Waals surface area contributed by atoms with Gasteiger partial charge in [0.05, 0.1) is 0 Å². The maximum absolute atomic E-state index is 12.1. The highest BCUT2D eigenvalue weighted by molar-refractivity contribution is 5.80. The average molecular weight is 341 g/mol. The molecule has 1 aliphatic carbocycles. The number of nitrogens with one attached hydrogen (secondary N) is 2. The van der Waals surface area contributed by atoms with Crippen LogP contribution in [0.15, 0.2) is 4.99 Å². The number of ether oxygens (including phenoxy) is 1. The van der Waals surface area contributed by atoms with Gasteiger partial charge in [-0.1, -0.05) is 12.8 Å². The van der Waals surface area contributed by atoms with E-state index >= 15 is 0 Å². The van der Waals surface area contributed by atoms with E-state index < -0.39 is 5.60 Å². The largest absolute Gasteiger partial charge is 0.444 e. The number of carbonyl (C=O) groups excluding carboxylic acids is 1. The Labute approximate surface area is 147 Å². The quantitative estimate of drug-likeness (QED) is 0.576. The standard InChI is InChI=1S/C18H36N4O2/c1-7-19-16(21-15-10-8-9-11-15)20-13-12-14(2)22(6)17(23)24-18(3,4)5/h14-15H,7-13H2,1-6H3,(H2,19,20,21). The average Bonchev–Trinajstić information content (AvgIpc) is 2.97. The summed E-state index contributed by atoms with van der Waals surface area (Å²) in [6.45, 7) is 11.3. The lowest BCUT2D eigenvalue weighted by Gasteiger charge is -2.28. The van der Waals surface area contributed by atoms with Crippen LogP contribution in [0, 0.1) is 0 Å². The third-order valence-electron chi connectivity index (χ3n) is 4.20. The van der Waals surface area contributed by atoms with Crippen molar-refractivity contribution in [2.45, 2.75) is 84.4 Å². The summed E-state index contributed by atoms with van der Waals surface area (Å²) in [5.41, 5.74) is -0.466. The zero-order valence-electron chi connectivity index (χ0n) is 16.3. The first-order chi connectivity index (χ1) is 11.2. The van der Waals surface area contributed by atoms with Crippen molar-refractivity contribution >= 4 is 12.1 Å². The zero-order valence-corrected chi connectivity index (χ0v) is 16.3. The molecule has 0 radical (unpaired) electrons. The number of nitrogens with zero attached hydrogens (tertiary/aromatic N) is 2. The summed E-state index contributed by atoms with van der Waals surface area (Å²) in [6.07, 6.45) is 5.57. The first kappa shape index (κ1) is 20.6. The van der Waals surface area contributed by atoms with Crippen LogP contribution in [-0.4, -0.2) is 54.8 Å². The van der Waals surface area contributed by atoms with Crippen molar-refractivity contribution in [3.63, 3.8) is 0 Å². The van der Waals surface area contributed by atoms with Crippen LogP contribution in [-0.2, 0) is 4.74 Å². The van der Waals surface area contributed by atoms with Crippen molar-refractivity contribution in [2.24, 2.45) is 4.99 Å². The third-order valence-corrected chi connectivity index (χ3v) is 4.20. The van der Waals surface area contributed by atoms with E-state index in [0.29, 0.717) is 12.6 Å². The fraction of sp³-hybridized carbons (Fsp3) is 0.889. The summed E-state index contributed by atoms with van der Waals surface area (Å²) in [6, 6.07) is 0.627. The molecule has 24 heavy (non-hydrogen) atoms. The minimum absolute atomic E-state index is 0.0814.